The number of unbranched alkanes of at least 4 members (excludes halogenated alkanes) is 1. The summed E-state index contributed by atoms with van der Waals surface area (Å²) in [5, 5.41) is 38.8. The fraction of sp³-hybridized carbons (Fsp3) is 0.659. The number of nitrogens with two attached hydrogens (primary N) is 2. The molecule has 2 aliphatic heterocycles. The number of guanidine groups is 2. The standard InChI is InChI=1S/C41H67N11O8/c1-25(2)23-30(38(59)60)48-36(57)33(41(3,4)5)49-34(55)29(24-26-14-16-27(53)17-15-26)47-35(56)31-12-10-20-52(31)37(58)28(11-9-18-45-39(42)43)46-32(54)13-7-8-19-51-22-21-50(6)40(51)44/h14-17,25,28-31,33,44,53H,7-13,18-24H2,1-6H3,(H,46,54)(H,47,56)(H,48,57)(H,49,55)(H,59,60)(H4,42,43,45)/t28-,29-,30-,31-,33+/m0/s1. The number of aliphatic carboxylic acids is 1. The van der Waals surface area contributed by atoms with Crippen LogP contribution in [0.3, 0.4) is 0 Å². The molecule has 60 heavy (non-hydrogen) atoms. The van der Waals surface area contributed by atoms with Gasteiger partial charge in [0.25, 0.3) is 0 Å². The quantitative estimate of drug-likeness (QED) is 0.0437. The van der Waals surface area contributed by atoms with Gasteiger partial charge in [-0.3, -0.25) is 34.4 Å². The molecule has 1 aromatic carbocycles. The monoisotopic (exact) mass is 842 g/mol. The lowest BCUT2D eigenvalue weighted by molar-refractivity contribution is -0.143. The molecule has 0 saturated carbocycles. The van der Waals surface area contributed by atoms with Gasteiger partial charge < -0.3 is 57.6 Å². The highest BCUT2D eigenvalue weighted by molar-refractivity contribution is 5.96. The molecule has 1 aromatic rings. The third-order valence-corrected chi connectivity index (χ3v) is 10.6. The number of aromatic hydroxyl groups is 1. The largest absolute Gasteiger partial charge is 0.508 e. The van der Waals surface area contributed by atoms with Crippen molar-refractivity contribution in [2.45, 2.75) is 123 Å². The second-order valence-electron chi connectivity index (χ2n) is 17.2. The summed E-state index contributed by atoms with van der Waals surface area (Å²) in [5.74, 6) is -3.70. The van der Waals surface area contributed by atoms with Crippen LogP contribution < -0.4 is 32.7 Å². The van der Waals surface area contributed by atoms with Gasteiger partial charge in [0.15, 0.2) is 11.9 Å². The van der Waals surface area contributed by atoms with Crippen molar-refractivity contribution in [3.63, 3.8) is 0 Å². The Morgan fingerprint density at radius 2 is 1.58 bits per heavy atom. The molecule has 0 spiro atoms. The van der Waals surface area contributed by atoms with Crippen molar-refractivity contribution < 1.29 is 39.0 Å². The Kier molecular flexibility index (Phi) is 18.4. The SMILES string of the molecule is CC(C)C[C@H](NC(=O)[C@@H](NC(=O)[C@H](Cc1ccc(O)cc1)NC(=O)[C@@H]1CCCN1C(=O)[C@H](CCCN=C(N)N)NC(=O)CCCCN1CCN(C)C1=N)C(C)(C)C)C(=O)O. The number of nitrogens with one attached hydrogen (secondary N) is 5. The third-order valence-electron chi connectivity index (χ3n) is 10.6. The molecule has 0 aliphatic carbocycles. The minimum absolute atomic E-state index is 0.000751. The molecular weight excluding hydrogens is 775 g/mol. The van der Waals surface area contributed by atoms with E-state index in [1.165, 1.54) is 17.0 Å². The number of likely N-dealkylation sites (N-methyl/N-ethyl adjacent to an activating group) is 1. The molecule has 19 nitrogen and oxygen atoms in total. The van der Waals surface area contributed by atoms with Gasteiger partial charge in [-0.25, -0.2) is 4.79 Å². The topological polar surface area (TPSA) is 289 Å². The van der Waals surface area contributed by atoms with Crippen molar-refractivity contribution in [2.24, 2.45) is 27.8 Å². The number of phenolic OH excluding ortho intramolecular Hbond substituents is 1. The van der Waals surface area contributed by atoms with E-state index in [1.54, 1.807) is 32.9 Å². The molecule has 11 N–H and O–H groups in total. The number of likely N-dealkylation sites (tertiary alicyclic amines) is 1. The van der Waals surface area contributed by atoms with E-state index in [1.807, 2.05) is 30.7 Å². The van der Waals surface area contributed by atoms with Crippen LogP contribution in [-0.4, -0.2) is 142 Å². The highest BCUT2D eigenvalue weighted by Gasteiger charge is 2.41. The average molecular weight is 842 g/mol. The number of amides is 5. The van der Waals surface area contributed by atoms with Crippen LogP contribution in [0.1, 0.15) is 91.5 Å². The molecule has 0 aromatic heterocycles. The Bertz CT molecular complexity index is 1690. The summed E-state index contributed by atoms with van der Waals surface area (Å²) in [4.78, 5) is 90.5. The van der Waals surface area contributed by atoms with E-state index >= 15 is 0 Å². The highest BCUT2D eigenvalue weighted by Crippen LogP contribution is 2.23. The lowest BCUT2D eigenvalue weighted by Crippen LogP contribution is -2.61. The van der Waals surface area contributed by atoms with Crippen molar-refractivity contribution in [1.29, 1.82) is 5.41 Å². The van der Waals surface area contributed by atoms with Crippen LogP contribution >= 0.6 is 0 Å². The maximum atomic E-state index is 14.2. The maximum absolute atomic E-state index is 14.2. The number of hydrogen-bond acceptors (Lipinski definition) is 9. The maximum Gasteiger partial charge on any atom is 0.326 e. The zero-order valence-corrected chi connectivity index (χ0v) is 36.0. The molecule has 5 amide bonds. The predicted octanol–water partition coefficient (Wildman–Crippen LogP) is 0.448. The van der Waals surface area contributed by atoms with E-state index < -0.39 is 65.2 Å². The highest BCUT2D eigenvalue weighted by atomic mass is 16.4. The third kappa shape index (κ3) is 15.2. The van der Waals surface area contributed by atoms with E-state index in [4.69, 9.17) is 16.9 Å². The van der Waals surface area contributed by atoms with Gasteiger partial charge in [0, 0.05) is 52.6 Å². The molecule has 5 atom stereocenters. The smallest absolute Gasteiger partial charge is 0.326 e. The lowest BCUT2D eigenvalue weighted by atomic mass is 9.85. The number of aliphatic imine (C=N–C) groups is 1. The predicted molar refractivity (Wildman–Crippen MR) is 227 cm³/mol. The number of carbonyl (C=O) groups excluding carboxylic acids is 5. The van der Waals surface area contributed by atoms with Gasteiger partial charge in [0.05, 0.1) is 0 Å². The number of rotatable bonds is 22. The Morgan fingerprint density at radius 3 is 2.17 bits per heavy atom. The minimum Gasteiger partial charge on any atom is -0.508 e. The summed E-state index contributed by atoms with van der Waals surface area (Å²) in [6, 6.07) is 0.485. The van der Waals surface area contributed by atoms with Crippen LogP contribution in [0, 0.1) is 16.7 Å². The van der Waals surface area contributed by atoms with Gasteiger partial charge in [-0.15, -0.1) is 0 Å². The molecule has 2 fully saturated rings. The zero-order chi connectivity index (χ0) is 44.7. The first-order valence-electron chi connectivity index (χ1n) is 20.8. The number of nitrogens with zero attached hydrogens (tertiary/aromatic N) is 4. The molecule has 19 heteroatoms. The Hall–Kier alpha value is -5.62. The van der Waals surface area contributed by atoms with E-state index in [9.17, 15) is 39.0 Å². The molecule has 2 aliphatic rings. The Balaban J connectivity index is 1.79. The van der Waals surface area contributed by atoms with Crippen LogP contribution in [0.15, 0.2) is 29.3 Å². The van der Waals surface area contributed by atoms with Gasteiger partial charge in [0.1, 0.15) is 36.0 Å². The fourth-order valence-electron chi connectivity index (χ4n) is 7.27. The second-order valence-corrected chi connectivity index (χ2v) is 17.2. The normalized spacial score (nSPS) is 17.4. The summed E-state index contributed by atoms with van der Waals surface area (Å²) in [6.07, 6.45) is 2.87. The number of carboxylic acids is 1. The summed E-state index contributed by atoms with van der Waals surface area (Å²) in [5.41, 5.74) is 10.7. The van der Waals surface area contributed by atoms with Gasteiger partial charge >= 0.3 is 5.97 Å². The van der Waals surface area contributed by atoms with Gasteiger partial charge in [-0.2, -0.15) is 0 Å². The Labute approximate surface area is 352 Å². The summed E-state index contributed by atoms with van der Waals surface area (Å²) in [6.45, 7) is 11.4. The molecule has 334 valence electrons. The lowest BCUT2D eigenvalue weighted by Gasteiger charge is -2.33. The number of carboxylic acid groups (broad SMARTS) is 1. The van der Waals surface area contributed by atoms with Crippen LogP contribution in [0.5, 0.6) is 5.75 Å². The number of phenols is 1. The molecule has 0 bridgehead atoms. The fourth-order valence-corrected chi connectivity index (χ4v) is 7.27. The van der Waals surface area contributed by atoms with Crippen molar-refractivity contribution in [1.82, 2.24) is 36.0 Å². The van der Waals surface area contributed by atoms with Crippen LogP contribution in [0.2, 0.25) is 0 Å². The zero-order valence-electron chi connectivity index (χ0n) is 36.0. The number of hydrogen-bond donors (Lipinski definition) is 9. The molecule has 2 heterocycles. The first-order chi connectivity index (χ1) is 28.2. The molecule has 0 unspecified atom stereocenters. The van der Waals surface area contributed by atoms with Crippen molar-refractivity contribution in [3.05, 3.63) is 29.8 Å². The summed E-state index contributed by atoms with van der Waals surface area (Å²) in [7, 11) is 1.86. The van der Waals surface area contributed by atoms with E-state index in [0.29, 0.717) is 50.2 Å². The summed E-state index contributed by atoms with van der Waals surface area (Å²) < 4.78 is 0. The molecule has 3 rings (SSSR count). The number of carbonyl (C=O) groups is 6. The second kappa shape index (κ2) is 22.7. The molecule has 0 radical (unpaired) electrons. The van der Waals surface area contributed by atoms with Gasteiger partial charge in [-0.05, 0) is 74.0 Å². The van der Waals surface area contributed by atoms with Crippen molar-refractivity contribution in [3.8, 4) is 5.75 Å². The van der Waals surface area contributed by atoms with E-state index in [2.05, 4.69) is 26.3 Å². The van der Waals surface area contributed by atoms with E-state index in [-0.39, 0.29) is 62.3 Å². The van der Waals surface area contributed by atoms with Crippen molar-refractivity contribution in [2.75, 3.05) is 39.8 Å². The first-order valence-corrected chi connectivity index (χ1v) is 20.8. The average Bonchev–Trinajstić information content (AvgIpc) is 3.79. The first kappa shape index (κ1) is 48.7. The Morgan fingerprint density at radius 1 is 0.900 bits per heavy atom. The van der Waals surface area contributed by atoms with E-state index in [0.717, 1.165) is 13.1 Å². The molecular formula is C41H67N11O8. The molecule has 2 saturated heterocycles. The van der Waals surface area contributed by atoms with Crippen LogP contribution in [0.4, 0.5) is 0 Å². The minimum atomic E-state index is -1.25. The van der Waals surface area contributed by atoms with Crippen LogP contribution in [-0.2, 0) is 35.2 Å². The van der Waals surface area contributed by atoms with Gasteiger partial charge in [-0.1, -0.05) is 46.8 Å². The summed E-state index contributed by atoms with van der Waals surface area (Å²) >= 11 is 0. The van der Waals surface area contributed by atoms with Crippen LogP contribution in [0.25, 0.3) is 0 Å². The van der Waals surface area contributed by atoms with Crippen molar-refractivity contribution >= 4 is 47.4 Å². The van der Waals surface area contributed by atoms with Gasteiger partial charge in [0.2, 0.25) is 29.5 Å². The number of benzene rings is 1.